The van der Waals surface area contributed by atoms with Crippen molar-refractivity contribution in [2.45, 2.75) is 9.79 Å². The molecular formula is C11H9NO6S2. The highest BCUT2D eigenvalue weighted by molar-refractivity contribution is 7.86. The monoisotopic (exact) mass is 315 g/mol. The van der Waals surface area contributed by atoms with Crippen molar-refractivity contribution >= 4 is 43.4 Å². The summed E-state index contributed by atoms with van der Waals surface area (Å²) in [5.41, 5.74) is 0.0428. The maximum Gasteiger partial charge on any atom is 0.295 e. The molecule has 0 amide bonds. The quantitative estimate of drug-likeness (QED) is 0.656. The Hall–Kier alpha value is -1.81. The van der Waals surface area contributed by atoms with E-state index in [1.807, 2.05) is 0 Å². The van der Waals surface area contributed by atoms with Crippen LogP contribution in [0.1, 0.15) is 0 Å². The van der Waals surface area contributed by atoms with Crippen LogP contribution in [0.4, 0.5) is 5.69 Å². The fourth-order valence-corrected chi connectivity index (χ4v) is 3.26. The average Bonchev–Trinajstić information content (AvgIpc) is 2.34. The number of benzene rings is 2. The highest BCUT2D eigenvalue weighted by Crippen LogP contribution is 2.32. The van der Waals surface area contributed by atoms with Crippen LogP contribution in [0.2, 0.25) is 0 Å². The molecule has 2 aromatic carbocycles. The lowest BCUT2D eigenvalue weighted by atomic mass is 10.1. The van der Waals surface area contributed by atoms with Gasteiger partial charge < -0.3 is 0 Å². The predicted octanol–water partition coefficient (Wildman–Crippen LogP) is 1.67. The van der Waals surface area contributed by atoms with E-state index in [-0.39, 0.29) is 16.5 Å². The number of nitrogens with zero attached hydrogens (tertiary/aromatic N) is 1. The van der Waals surface area contributed by atoms with E-state index < -0.39 is 30.0 Å². The van der Waals surface area contributed by atoms with Crippen molar-refractivity contribution in [2.24, 2.45) is 4.99 Å². The first-order chi connectivity index (χ1) is 9.14. The van der Waals surface area contributed by atoms with E-state index in [1.54, 1.807) is 0 Å². The maximum atomic E-state index is 11.4. The fraction of sp³-hybridized carbons (Fsp3) is 0. The molecule has 0 unspecified atom stereocenters. The van der Waals surface area contributed by atoms with Crippen molar-refractivity contribution in [3.63, 3.8) is 0 Å². The minimum absolute atomic E-state index is 0.0428. The minimum atomic E-state index is -4.59. The first kappa shape index (κ1) is 14.6. The molecule has 0 saturated heterocycles. The highest BCUT2D eigenvalue weighted by atomic mass is 32.2. The molecule has 0 heterocycles. The van der Waals surface area contributed by atoms with Gasteiger partial charge in [-0.2, -0.15) is 16.8 Å². The topological polar surface area (TPSA) is 121 Å². The molecule has 0 saturated carbocycles. The highest BCUT2D eigenvalue weighted by Gasteiger charge is 2.20. The molecular weight excluding hydrogens is 306 g/mol. The molecule has 20 heavy (non-hydrogen) atoms. The van der Waals surface area contributed by atoms with Crippen LogP contribution >= 0.6 is 0 Å². The van der Waals surface area contributed by atoms with Crippen molar-refractivity contribution in [1.29, 1.82) is 0 Å². The van der Waals surface area contributed by atoms with Gasteiger partial charge in [0.25, 0.3) is 20.2 Å². The van der Waals surface area contributed by atoms with Gasteiger partial charge >= 0.3 is 0 Å². The third-order valence-electron chi connectivity index (χ3n) is 2.64. The van der Waals surface area contributed by atoms with Crippen LogP contribution in [0.15, 0.2) is 45.1 Å². The third-order valence-corrected chi connectivity index (χ3v) is 4.45. The van der Waals surface area contributed by atoms with Crippen LogP contribution in [0, 0.1) is 0 Å². The summed E-state index contributed by atoms with van der Waals surface area (Å²) in [5, 5.41) is -0.123. The van der Waals surface area contributed by atoms with E-state index in [4.69, 9.17) is 4.55 Å². The zero-order chi connectivity index (χ0) is 15.1. The van der Waals surface area contributed by atoms with Crippen molar-refractivity contribution in [3.8, 4) is 0 Å². The van der Waals surface area contributed by atoms with Crippen LogP contribution in [-0.4, -0.2) is 32.7 Å². The molecule has 7 nitrogen and oxygen atoms in total. The summed E-state index contributed by atoms with van der Waals surface area (Å²) >= 11 is 0. The van der Waals surface area contributed by atoms with Crippen molar-refractivity contribution < 1.29 is 25.9 Å². The van der Waals surface area contributed by atoms with Gasteiger partial charge in [-0.25, -0.2) is 0 Å². The van der Waals surface area contributed by atoms with Gasteiger partial charge in [0, 0.05) is 10.8 Å². The number of hydrogen-bond donors (Lipinski definition) is 2. The lowest BCUT2D eigenvalue weighted by Crippen LogP contribution is -2.03. The summed E-state index contributed by atoms with van der Waals surface area (Å²) in [6.45, 7) is 3.21. The molecule has 0 bridgehead atoms. The lowest BCUT2D eigenvalue weighted by molar-refractivity contribution is 0.481. The standard InChI is InChI=1S/C11H9NO6S2/c1-12-7-5-9-8(11(6-7)20(16,17)18)3-2-4-10(9)19(13,14)15/h2-6H,1H2,(H,13,14,15)(H,16,17,18). The van der Waals surface area contributed by atoms with E-state index in [0.29, 0.717) is 0 Å². The lowest BCUT2D eigenvalue weighted by Gasteiger charge is -2.08. The molecule has 0 aliphatic heterocycles. The Morgan fingerprint density at radius 3 is 2.00 bits per heavy atom. The molecule has 106 valence electrons. The third kappa shape index (κ3) is 2.56. The molecule has 9 heteroatoms. The average molecular weight is 315 g/mol. The Kier molecular flexibility index (Phi) is 3.38. The summed E-state index contributed by atoms with van der Waals surface area (Å²) in [6.07, 6.45) is 0. The Balaban J connectivity index is 3.09. The molecule has 2 rings (SSSR count). The molecule has 2 N–H and O–H groups in total. The van der Waals surface area contributed by atoms with Crippen LogP contribution in [-0.2, 0) is 20.2 Å². The molecule has 0 spiro atoms. The molecule has 0 atom stereocenters. The maximum absolute atomic E-state index is 11.4. The van der Waals surface area contributed by atoms with Gasteiger partial charge in [-0.15, -0.1) is 0 Å². The Bertz CT molecular complexity index is 915. The Morgan fingerprint density at radius 2 is 1.50 bits per heavy atom. The van der Waals surface area contributed by atoms with Crippen LogP contribution in [0.3, 0.4) is 0 Å². The minimum Gasteiger partial charge on any atom is -0.282 e. The van der Waals surface area contributed by atoms with Crippen molar-refractivity contribution in [2.75, 3.05) is 0 Å². The molecule has 2 aromatic rings. The van der Waals surface area contributed by atoms with E-state index >= 15 is 0 Å². The first-order valence-electron chi connectivity index (χ1n) is 5.13. The Morgan fingerprint density at radius 1 is 0.900 bits per heavy atom. The zero-order valence-electron chi connectivity index (χ0n) is 9.88. The number of aliphatic imine (C=N–C) groups is 1. The molecule has 0 aromatic heterocycles. The van der Waals surface area contributed by atoms with Gasteiger partial charge in [0.05, 0.1) is 5.69 Å². The summed E-state index contributed by atoms with van der Waals surface area (Å²) < 4.78 is 63.7. The second-order valence-corrected chi connectivity index (χ2v) is 6.68. The zero-order valence-corrected chi connectivity index (χ0v) is 11.5. The Labute approximate surface area is 115 Å². The van der Waals surface area contributed by atoms with Gasteiger partial charge in [-0.1, -0.05) is 12.1 Å². The number of fused-ring (bicyclic) bond motifs is 1. The second kappa shape index (κ2) is 4.63. The molecule has 0 aliphatic carbocycles. The number of rotatable bonds is 3. The van der Waals surface area contributed by atoms with Crippen LogP contribution in [0.25, 0.3) is 10.8 Å². The van der Waals surface area contributed by atoms with E-state index in [9.17, 15) is 21.4 Å². The number of hydrogen-bond acceptors (Lipinski definition) is 5. The van der Waals surface area contributed by atoms with E-state index in [0.717, 1.165) is 12.1 Å². The smallest absolute Gasteiger partial charge is 0.282 e. The van der Waals surface area contributed by atoms with Crippen molar-refractivity contribution in [3.05, 3.63) is 30.3 Å². The first-order valence-corrected chi connectivity index (χ1v) is 8.01. The van der Waals surface area contributed by atoms with Gasteiger partial charge in [0.15, 0.2) is 0 Å². The normalized spacial score (nSPS) is 12.5. The second-order valence-electron chi connectivity index (χ2n) is 3.90. The largest absolute Gasteiger partial charge is 0.295 e. The summed E-state index contributed by atoms with van der Waals surface area (Å²) in [7, 11) is -9.14. The van der Waals surface area contributed by atoms with Gasteiger partial charge in [-0.3, -0.25) is 14.1 Å². The summed E-state index contributed by atoms with van der Waals surface area (Å²) in [5.74, 6) is 0. The van der Waals surface area contributed by atoms with Crippen molar-refractivity contribution in [1.82, 2.24) is 0 Å². The SMILES string of the molecule is C=Nc1cc(S(=O)(=O)O)c2cccc(S(=O)(=O)O)c2c1. The van der Waals surface area contributed by atoms with Gasteiger partial charge in [0.2, 0.25) is 0 Å². The molecule has 0 fully saturated rings. The summed E-state index contributed by atoms with van der Waals surface area (Å²) in [6, 6.07) is 5.97. The fourth-order valence-electron chi connectivity index (χ4n) is 1.84. The van der Waals surface area contributed by atoms with E-state index in [1.165, 1.54) is 18.2 Å². The van der Waals surface area contributed by atoms with E-state index in [2.05, 4.69) is 11.7 Å². The van der Waals surface area contributed by atoms with Gasteiger partial charge in [0.1, 0.15) is 9.79 Å². The molecule has 0 aliphatic rings. The van der Waals surface area contributed by atoms with Crippen LogP contribution < -0.4 is 0 Å². The predicted molar refractivity (Wildman–Crippen MR) is 72.8 cm³/mol. The molecule has 0 radical (unpaired) electrons. The van der Waals surface area contributed by atoms with Gasteiger partial charge in [-0.05, 0) is 24.9 Å². The summed E-state index contributed by atoms with van der Waals surface area (Å²) in [4.78, 5) is 2.52. The van der Waals surface area contributed by atoms with Crippen LogP contribution in [0.5, 0.6) is 0 Å².